The van der Waals surface area contributed by atoms with E-state index in [0.717, 1.165) is 0 Å². The van der Waals surface area contributed by atoms with Gasteiger partial charge in [0.15, 0.2) is 6.10 Å². The first-order valence-corrected chi connectivity index (χ1v) is 9.51. The van der Waals surface area contributed by atoms with E-state index in [1.165, 1.54) is 12.1 Å². The summed E-state index contributed by atoms with van der Waals surface area (Å²) >= 11 is 0. The van der Waals surface area contributed by atoms with Crippen molar-refractivity contribution in [3.05, 3.63) is 53.6 Å². The summed E-state index contributed by atoms with van der Waals surface area (Å²) in [5, 5.41) is 18.7. The lowest BCUT2D eigenvalue weighted by Gasteiger charge is -2.32. The Kier molecular flexibility index (Phi) is 6.20. The van der Waals surface area contributed by atoms with Gasteiger partial charge < -0.3 is 19.3 Å². The number of anilines is 1. The predicted octanol–water partition coefficient (Wildman–Crippen LogP) is 4.17. The Labute approximate surface area is 183 Å². The third-order valence-corrected chi connectivity index (χ3v) is 4.15. The molecule has 10 nitrogen and oxygen atoms in total. The molecule has 1 aliphatic rings. The molecular weight excluding hydrogens is 420 g/mol. The molecule has 0 unspecified atom stereocenters. The molecule has 1 aliphatic heterocycles. The van der Waals surface area contributed by atoms with Gasteiger partial charge in [0.25, 0.3) is 0 Å². The zero-order valence-corrected chi connectivity index (χ0v) is 17.5. The first-order chi connectivity index (χ1) is 15.1. The maximum absolute atomic E-state index is 12.7. The lowest BCUT2D eigenvalue weighted by atomic mass is 10.00. The highest BCUT2D eigenvalue weighted by Crippen LogP contribution is 2.34. The van der Waals surface area contributed by atoms with E-state index in [0.29, 0.717) is 27.7 Å². The van der Waals surface area contributed by atoms with Gasteiger partial charge >= 0.3 is 18.2 Å². The van der Waals surface area contributed by atoms with Crippen LogP contribution in [-0.4, -0.2) is 35.0 Å². The molecule has 32 heavy (non-hydrogen) atoms. The summed E-state index contributed by atoms with van der Waals surface area (Å²) < 4.78 is 15.5. The van der Waals surface area contributed by atoms with Crippen molar-refractivity contribution in [2.75, 3.05) is 5.06 Å². The van der Waals surface area contributed by atoms with Crippen LogP contribution in [0.3, 0.4) is 0 Å². The Balaban J connectivity index is 1.91. The van der Waals surface area contributed by atoms with E-state index in [9.17, 15) is 14.4 Å². The molecule has 10 heteroatoms. The number of benzene rings is 2. The third-order valence-electron chi connectivity index (χ3n) is 4.15. The van der Waals surface area contributed by atoms with Gasteiger partial charge in [-0.1, -0.05) is 6.07 Å². The molecule has 0 aliphatic carbocycles. The number of hydrogen-bond acceptors (Lipinski definition) is 8. The van der Waals surface area contributed by atoms with E-state index >= 15 is 0 Å². The van der Waals surface area contributed by atoms with Crippen LogP contribution < -0.4 is 9.80 Å². The number of hydroxylamine groups is 1. The summed E-state index contributed by atoms with van der Waals surface area (Å²) in [6.07, 6.45) is -4.31. The monoisotopic (exact) mass is 440 g/mol. The van der Waals surface area contributed by atoms with Crippen molar-refractivity contribution in [1.29, 1.82) is 5.26 Å². The first kappa shape index (κ1) is 22.4. The lowest BCUT2D eigenvalue weighted by molar-refractivity contribution is -0.136. The van der Waals surface area contributed by atoms with Crippen molar-refractivity contribution in [2.24, 2.45) is 0 Å². The van der Waals surface area contributed by atoms with Gasteiger partial charge in [-0.05, 0) is 62.7 Å². The van der Waals surface area contributed by atoms with Crippen LogP contribution in [0.15, 0.2) is 42.5 Å². The van der Waals surface area contributed by atoms with E-state index in [2.05, 4.69) is 4.74 Å². The molecule has 1 atom stereocenters. The van der Waals surface area contributed by atoms with Crippen molar-refractivity contribution in [1.82, 2.24) is 0 Å². The summed E-state index contributed by atoms with van der Waals surface area (Å²) in [6, 6.07) is 13.1. The molecular formula is C22H20N2O8. The predicted molar refractivity (Wildman–Crippen MR) is 109 cm³/mol. The molecule has 166 valence electrons. The van der Waals surface area contributed by atoms with Crippen molar-refractivity contribution >= 4 is 23.9 Å². The number of rotatable bonds is 4. The van der Waals surface area contributed by atoms with Gasteiger partial charge in [0.1, 0.15) is 17.1 Å². The standard InChI is InChI=1S/C22H20N2O8/c1-22(2,3)31-21(28)32-24-17-8-7-16(29-15-6-4-5-13(9-15)12-23)10-14(17)11-18(19(24)25)30-20(26)27/h4-10,18H,11H2,1-3H3,(H,26,27)/t18-/m0/s1. The second kappa shape index (κ2) is 8.85. The molecule has 3 rings (SSSR count). The van der Waals surface area contributed by atoms with Gasteiger partial charge in [-0.25, -0.2) is 9.59 Å². The van der Waals surface area contributed by atoms with Crippen LogP contribution in [0.25, 0.3) is 0 Å². The molecule has 2 aromatic rings. The Bertz CT molecular complexity index is 1100. The number of carbonyl (C=O) groups excluding carboxylic acids is 2. The molecule has 1 amide bonds. The zero-order valence-electron chi connectivity index (χ0n) is 17.5. The Morgan fingerprint density at radius 2 is 1.88 bits per heavy atom. The molecule has 0 saturated heterocycles. The summed E-state index contributed by atoms with van der Waals surface area (Å²) in [6.45, 7) is 4.88. The topological polar surface area (TPSA) is 135 Å². The van der Waals surface area contributed by atoms with Crippen LogP contribution in [0, 0.1) is 11.3 Å². The number of amides is 1. The van der Waals surface area contributed by atoms with Crippen molar-refractivity contribution < 1.29 is 38.5 Å². The number of hydrogen-bond donors (Lipinski definition) is 1. The fraction of sp³-hybridized carbons (Fsp3) is 0.273. The number of nitriles is 1. The normalized spacial score (nSPS) is 15.2. The smallest absolute Gasteiger partial charge is 0.457 e. The average Bonchev–Trinajstić information content (AvgIpc) is 2.69. The average molecular weight is 440 g/mol. The quantitative estimate of drug-likeness (QED) is 0.695. The Morgan fingerprint density at radius 3 is 2.53 bits per heavy atom. The minimum absolute atomic E-state index is 0.0932. The van der Waals surface area contributed by atoms with Gasteiger partial charge in [-0.2, -0.15) is 5.26 Å². The minimum Gasteiger partial charge on any atom is -0.457 e. The highest BCUT2D eigenvalue weighted by molar-refractivity contribution is 5.99. The van der Waals surface area contributed by atoms with E-state index in [1.807, 2.05) is 6.07 Å². The zero-order chi connectivity index (χ0) is 23.5. The second-order valence-corrected chi connectivity index (χ2v) is 7.80. The van der Waals surface area contributed by atoms with E-state index < -0.39 is 29.9 Å². The molecule has 0 saturated carbocycles. The SMILES string of the molecule is CC(C)(C)OC(=O)ON1C(=O)[C@@H](OC(=O)O)Cc2cc(Oc3cccc(C#N)c3)ccc21. The highest BCUT2D eigenvalue weighted by Gasteiger charge is 2.39. The van der Waals surface area contributed by atoms with Gasteiger partial charge in [0.2, 0.25) is 0 Å². The minimum atomic E-state index is -1.65. The fourth-order valence-corrected chi connectivity index (χ4v) is 2.94. The molecule has 1 N–H and O–H groups in total. The van der Waals surface area contributed by atoms with Gasteiger partial charge in [-0.15, -0.1) is 5.06 Å². The molecule has 1 heterocycles. The van der Waals surface area contributed by atoms with Gasteiger partial charge in [0, 0.05) is 6.42 Å². The number of nitrogens with zero attached hydrogens (tertiary/aromatic N) is 2. The molecule has 0 radical (unpaired) electrons. The summed E-state index contributed by atoms with van der Waals surface area (Å²) in [5.41, 5.74) is 0.196. The Morgan fingerprint density at radius 1 is 1.16 bits per heavy atom. The van der Waals surface area contributed by atoms with Crippen molar-refractivity contribution in [3.63, 3.8) is 0 Å². The van der Waals surface area contributed by atoms with E-state index in [-0.39, 0.29) is 12.1 Å². The van der Waals surface area contributed by atoms with E-state index in [1.54, 1.807) is 51.1 Å². The van der Waals surface area contributed by atoms with E-state index in [4.69, 9.17) is 24.7 Å². The third kappa shape index (κ3) is 5.46. The van der Waals surface area contributed by atoms with Crippen molar-refractivity contribution in [2.45, 2.75) is 38.9 Å². The van der Waals surface area contributed by atoms with Crippen LogP contribution >= 0.6 is 0 Å². The number of carboxylic acid groups (broad SMARTS) is 1. The maximum Gasteiger partial charge on any atom is 0.534 e. The Hall–Kier alpha value is -4.26. The number of carbonyl (C=O) groups is 3. The number of ether oxygens (including phenoxy) is 3. The fourth-order valence-electron chi connectivity index (χ4n) is 2.94. The van der Waals surface area contributed by atoms with Crippen LogP contribution in [0.4, 0.5) is 15.3 Å². The molecule has 2 aromatic carbocycles. The molecule has 0 aromatic heterocycles. The van der Waals surface area contributed by atoms with Gasteiger partial charge in [-0.3, -0.25) is 9.63 Å². The summed E-state index contributed by atoms with van der Waals surface area (Å²) in [5.74, 6) is -0.100. The number of fused-ring (bicyclic) bond motifs is 1. The van der Waals surface area contributed by atoms with Crippen LogP contribution in [0.5, 0.6) is 11.5 Å². The van der Waals surface area contributed by atoms with Crippen LogP contribution in [0.2, 0.25) is 0 Å². The summed E-state index contributed by atoms with van der Waals surface area (Å²) in [7, 11) is 0. The lowest BCUT2D eigenvalue weighted by Crippen LogP contribution is -2.47. The summed E-state index contributed by atoms with van der Waals surface area (Å²) in [4.78, 5) is 41.0. The highest BCUT2D eigenvalue weighted by atomic mass is 16.8. The van der Waals surface area contributed by atoms with Crippen LogP contribution in [-0.2, 0) is 25.5 Å². The van der Waals surface area contributed by atoms with Crippen molar-refractivity contribution in [3.8, 4) is 17.6 Å². The largest absolute Gasteiger partial charge is 0.534 e. The molecule has 0 spiro atoms. The first-order valence-electron chi connectivity index (χ1n) is 9.51. The molecule has 0 bridgehead atoms. The molecule has 0 fully saturated rings. The second-order valence-electron chi connectivity index (χ2n) is 7.80. The maximum atomic E-state index is 12.7. The van der Waals surface area contributed by atoms with Gasteiger partial charge in [0.05, 0.1) is 17.3 Å². The van der Waals surface area contributed by atoms with Crippen LogP contribution in [0.1, 0.15) is 31.9 Å².